The summed E-state index contributed by atoms with van der Waals surface area (Å²) in [5.74, 6) is -0.717. The number of hydrogen-bond acceptors (Lipinski definition) is 5. The lowest BCUT2D eigenvalue weighted by atomic mass is 10.1. The summed E-state index contributed by atoms with van der Waals surface area (Å²) in [6.07, 6.45) is -1.10. The maximum atomic E-state index is 12.6. The fraction of sp³-hybridized carbons (Fsp3) is 0.364. The van der Waals surface area contributed by atoms with Crippen LogP contribution in [0.25, 0.3) is 0 Å². The summed E-state index contributed by atoms with van der Waals surface area (Å²) in [7, 11) is 0. The van der Waals surface area contributed by atoms with Crippen molar-refractivity contribution in [3.05, 3.63) is 60.2 Å². The molecule has 1 aliphatic carbocycles. The van der Waals surface area contributed by atoms with E-state index in [1.54, 1.807) is 6.07 Å². The van der Waals surface area contributed by atoms with Gasteiger partial charge < -0.3 is 14.8 Å². The standard InChI is InChI=1S/C22H24N2O3/c1-4-26-20-19(22(20,2)3)21(25)27-18(14-23)15-9-8-12-17(13-15)24-16-10-6-5-7-11-16/h5-13,18-20,24H,4H2,1-3H3. The van der Waals surface area contributed by atoms with Crippen LogP contribution in [0.3, 0.4) is 0 Å². The molecule has 1 fully saturated rings. The molecule has 2 aromatic carbocycles. The molecule has 0 aliphatic heterocycles. The number of hydrogen-bond donors (Lipinski definition) is 1. The molecule has 0 heterocycles. The predicted octanol–water partition coefficient (Wildman–Crippen LogP) is 4.60. The van der Waals surface area contributed by atoms with Gasteiger partial charge in [-0.05, 0) is 31.2 Å². The molecule has 0 aromatic heterocycles. The zero-order valence-electron chi connectivity index (χ0n) is 15.8. The summed E-state index contributed by atoms with van der Waals surface area (Å²) in [6, 6.07) is 19.2. The molecule has 2 aromatic rings. The van der Waals surface area contributed by atoms with E-state index in [4.69, 9.17) is 9.47 Å². The van der Waals surface area contributed by atoms with E-state index in [-0.39, 0.29) is 23.4 Å². The highest BCUT2D eigenvalue weighted by atomic mass is 16.6. The maximum absolute atomic E-state index is 12.6. The number of para-hydroxylation sites is 1. The van der Waals surface area contributed by atoms with E-state index in [1.165, 1.54) is 0 Å². The molecular formula is C22H24N2O3. The van der Waals surface area contributed by atoms with Gasteiger partial charge in [-0.2, -0.15) is 5.26 Å². The molecule has 1 aliphatic rings. The normalized spacial score (nSPS) is 21.0. The van der Waals surface area contributed by atoms with Gasteiger partial charge in [0.25, 0.3) is 0 Å². The van der Waals surface area contributed by atoms with Crippen molar-refractivity contribution in [1.82, 2.24) is 0 Å². The van der Waals surface area contributed by atoms with Gasteiger partial charge >= 0.3 is 5.97 Å². The molecule has 0 spiro atoms. The number of ether oxygens (including phenoxy) is 2. The van der Waals surface area contributed by atoms with Gasteiger partial charge in [0.2, 0.25) is 6.10 Å². The lowest BCUT2D eigenvalue weighted by molar-refractivity contribution is -0.150. The van der Waals surface area contributed by atoms with Crippen molar-refractivity contribution in [1.29, 1.82) is 5.26 Å². The number of carbonyl (C=O) groups is 1. The second-order valence-electron chi connectivity index (χ2n) is 7.24. The van der Waals surface area contributed by atoms with E-state index in [0.717, 1.165) is 11.4 Å². The van der Waals surface area contributed by atoms with Crippen LogP contribution in [0, 0.1) is 22.7 Å². The van der Waals surface area contributed by atoms with Gasteiger partial charge in [-0.25, -0.2) is 0 Å². The number of esters is 1. The van der Waals surface area contributed by atoms with Crippen LogP contribution in [0.2, 0.25) is 0 Å². The van der Waals surface area contributed by atoms with Crippen molar-refractivity contribution >= 4 is 17.3 Å². The molecule has 5 heteroatoms. The Morgan fingerprint density at radius 3 is 2.56 bits per heavy atom. The molecular weight excluding hydrogens is 340 g/mol. The molecule has 0 saturated heterocycles. The highest BCUT2D eigenvalue weighted by Gasteiger charge is 2.64. The summed E-state index contributed by atoms with van der Waals surface area (Å²) < 4.78 is 11.1. The number of rotatable bonds is 7. The van der Waals surface area contributed by atoms with Crippen molar-refractivity contribution in [2.75, 3.05) is 11.9 Å². The molecule has 27 heavy (non-hydrogen) atoms. The maximum Gasteiger partial charge on any atom is 0.313 e. The third-order valence-corrected chi connectivity index (χ3v) is 4.93. The number of anilines is 2. The van der Waals surface area contributed by atoms with E-state index in [2.05, 4.69) is 11.4 Å². The average molecular weight is 364 g/mol. The van der Waals surface area contributed by atoms with Gasteiger partial charge in [-0.15, -0.1) is 0 Å². The second-order valence-corrected chi connectivity index (χ2v) is 7.24. The summed E-state index contributed by atoms with van der Waals surface area (Å²) in [6.45, 7) is 6.41. The lowest BCUT2D eigenvalue weighted by Crippen LogP contribution is -2.15. The minimum Gasteiger partial charge on any atom is -0.442 e. The van der Waals surface area contributed by atoms with Crippen molar-refractivity contribution in [2.24, 2.45) is 11.3 Å². The Morgan fingerprint density at radius 1 is 1.19 bits per heavy atom. The van der Waals surface area contributed by atoms with Gasteiger partial charge in [0.05, 0.1) is 12.0 Å². The monoisotopic (exact) mass is 364 g/mol. The van der Waals surface area contributed by atoms with Crippen LogP contribution >= 0.6 is 0 Å². The van der Waals surface area contributed by atoms with Crippen LogP contribution in [0.15, 0.2) is 54.6 Å². The highest BCUT2D eigenvalue weighted by molar-refractivity contribution is 5.79. The topological polar surface area (TPSA) is 71.3 Å². The molecule has 0 radical (unpaired) electrons. The second kappa shape index (κ2) is 7.81. The number of nitriles is 1. The molecule has 3 rings (SSSR count). The largest absolute Gasteiger partial charge is 0.442 e. The third kappa shape index (κ3) is 4.12. The fourth-order valence-corrected chi connectivity index (χ4v) is 3.33. The Morgan fingerprint density at radius 2 is 1.89 bits per heavy atom. The van der Waals surface area contributed by atoms with E-state index < -0.39 is 6.10 Å². The summed E-state index contributed by atoms with van der Waals surface area (Å²) >= 11 is 0. The summed E-state index contributed by atoms with van der Waals surface area (Å²) in [4.78, 5) is 12.6. The summed E-state index contributed by atoms with van der Waals surface area (Å²) in [5.41, 5.74) is 2.15. The molecule has 0 amide bonds. The molecule has 1 saturated carbocycles. The number of nitrogens with one attached hydrogen (secondary N) is 1. The Bertz CT molecular complexity index is 842. The zero-order valence-corrected chi connectivity index (χ0v) is 15.8. The smallest absolute Gasteiger partial charge is 0.313 e. The first kappa shape index (κ1) is 18.9. The van der Waals surface area contributed by atoms with Crippen molar-refractivity contribution in [2.45, 2.75) is 33.0 Å². The third-order valence-electron chi connectivity index (χ3n) is 4.93. The minimum absolute atomic E-state index is 0.152. The number of carbonyl (C=O) groups excluding carboxylic acids is 1. The quantitative estimate of drug-likeness (QED) is 0.727. The van der Waals surface area contributed by atoms with Crippen LogP contribution < -0.4 is 5.32 Å². The SMILES string of the molecule is CCOC1C(C(=O)OC(C#N)c2cccc(Nc3ccccc3)c2)C1(C)C. The van der Waals surface area contributed by atoms with Crippen LogP contribution in [-0.2, 0) is 14.3 Å². The van der Waals surface area contributed by atoms with E-state index >= 15 is 0 Å². The number of nitrogens with zero attached hydrogens (tertiary/aromatic N) is 1. The average Bonchev–Trinajstić information content (AvgIpc) is 3.21. The van der Waals surface area contributed by atoms with Crippen LogP contribution in [0.4, 0.5) is 11.4 Å². The van der Waals surface area contributed by atoms with Crippen LogP contribution in [0.1, 0.15) is 32.4 Å². The zero-order chi connectivity index (χ0) is 19.4. The molecule has 140 valence electrons. The lowest BCUT2D eigenvalue weighted by Gasteiger charge is -2.14. The molecule has 3 unspecified atom stereocenters. The van der Waals surface area contributed by atoms with Gasteiger partial charge in [-0.3, -0.25) is 4.79 Å². The summed E-state index contributed by atoms with van der Waals surface area (Å²) in [5, 5.41) is 12.8. The van der Waals surface area contributed by atoms with Crippen molar-refractivity contribution in [3.8, 4) is 6.07 Å². The Balaban J connectivity index is 1.70. The molecule has 3 atom stereocenters. The van der Waals surface area contributed by atoms with E-state index in [1.807, 2.05) is 69.3 Å². The van der Waals surface area contributed by atoms with Gasteiger partial charge in [0, 0.05) is 29.0 Å². The Hall–Kier alpha value is -2.84. The Kier molecular flexibility index (Phi) is 5.48. The van der Waals surface area contributed by atoms with Gasteiger partial charge in [-0.1, -0.05) is 44.2 Å². The van der Waals surface area contributed by atoms with Gasteiger partial charge in [0.15, 0.2) is 0 Å². The predicted molar refractivity (Wildman–Crippen MR) is 103 cm³/mol. The number of benzene rings is 2. The first-order chi connectivity index (χ1) is 13.0. The van der Waals surface area contributed by atoms with Crippen molar-refractivity contribution in [3.63, 3.8) is 0 Å². The Labute approximate surface area is 159 Å². The minimum atomic E-state index is -0.950. The molecule has 5 nitrogen and oxygen atoms in total. The highest BCUT2D eigenvalue weighted by Crippen LogP contribution is 2.55. The fourth-order valence-electron chi connectivity index (χ4n) is 3.33. The molecule has 1 N–H and O–H groups in total. The van der Waals surface area contributed by atoms with E-state index in [9.17, 15) is 10.1 Å². The van der Waals surface area contributed by atoms with Gasteiger partial charge in [0.1, 0.15) is 6.07 Å². The van der Waals surface area contributed by atoms with E-state index in [0.29, 0.717) is 12.2 Å². The van der Waals surface area contributed by atoms with Crippen LogP contribution in [0.5, 0.6) is 0 Å². The van der Waals surface area contributed by atoms with Crippen molar-refractivity contribution < 1.29 is 14.3 Å². The first-order valence-corrected chi connectivity index (χ1v) is 9.11. The van der Waals surface area contributed by atoms with Crippen LogP contribution in [-0.4, -0.2) is 18.7 Å². The first-order valence-electron chi connectivity index (χ1n) is 9.11. The molecule has 0 bridgehead atoms.